The molecule has 0 saturated heterocycles. The van der Waals surface area contributed by atoms with Gasteiger partial charge >= 0.3 is 0 Å². The molecule has 508 valence electrons. The second-order valence-electron chi connectivity index (χ2n) is 18.6. The van der Waals surface area contributed by atoms with E-state index in [9.17, 15) is 14.4 Å². The van der Waals surface area contributed by atoms with Crippen LogP contribution < -0.4 is 15.1 Å². The van der Waals surface area contributed by atoms with Crippen molar-refractivity contribution in [2.75, 3.05) is 20.4 Å². The molecule has 9 rings (SSSR count). The number of aliphatic hydroxyl groups excluding tert-OH is 1. The number of benzene rings is 9. The van der Waals surface area contributed by atoms with Crippen LogP contribution in [0.25, 0.3) is 0 Å². The van der Waals surface area contributed by atoms with E-state index in [1.807, 2.05) is 114 Å². The Kier molecular flexibility index (Phi) is 53.9. The summed E-state index contributed by atoms with van der Waals surface area (Å²) in [7, 11) is -1.13. The molecule has 2 atom stereocenters. The highest BCUT2D eigenvalue weighted by atomic mass is 32.2. The van der Waals surface area contributed by atoms with E-state index in [-0.39, 0.29) is 40.0 Å². The summed E-state index contributed by atoms with van der Waals surface area (Å²) < 4.78 is 19.7. The number of phosphoric acid groups is 1. The van der Waals surface area contributed by atoms with Gasteiger partial charge in [-0.15, -0.1) is 11.8 Å². The number of rotatable bonds is 15. The molecule has 0 aliphatic rings. The van der Waals surface area contributed by atoms with Crippen LogP contribution in [0.5, 0.6) is 0 Å². The Labute approximate surface area is 567 Å². The van der Waals surface area contributed by atoms with Crippen LogP contribution >= 0.6 is 19.6 Å². The SMILES string of the molecule is C.C.C.C.CC.CC.CC.CC.CC.CC.CC(O)C(C)OP(=O)([O-])[O-].CNC(c1ccccc1)(c1ccccc1)c1ccc(C)cc1.COC(c1ccccc1)(c1ccccc1)c1ccc(C)cc1.CSC(c1ccccc1)(c1ccccc1)c1ccc(C)cc1. The van der Waals surface area contributed by atoms with E-state index in [4.69, 9.17) is 9.84 Å². The van der Waals surface area contributed by atoms with E-state index >= 15 is 0 Å². The highest BCUT2D eigenvalue weighted by Gasteiger charge is 2.38. The van der Waals surface area contributed by atoms with E-state index < -0.39 is 25.6 Å². The lowest BCUT2D eigenvalue weighted by Gasteiger charge is -2.35. The molecule has 0 radical (unpaired) electrons. The average molecular weight is 1290 g/mol. The predicted molar refractivity (Wildman–Crippen MR) is 406 cm³/mol. The summed E-state index contributed by atoms with van der Waals surface area (Å²) in [4.78, 5) is 19.8. The molecule has 2 unspecified atom stereocenters. The molecule has 9 aromatic rings. The van der Waals surface area contributed by atoms with Gasteiger partial charge in [-0.1, -0.05) is 384 Å². The van der Waals surface area contributed by atoms with Gasteiger partial charge in [-0.3, -0.25) is 0 Å². The fourth-order valence-electron chi connectivity index (χ4n) is 9.38. The molecule has 9 aromatic carbocycles. The van der Waals surface area contributed by atoms with E-state index in [2.05, 4.69) is 280 Å². The Bertz CT molecular complexity index is 2680. The van der Waals surface area contributed by atoms with Crippen LogP contribution in [-0.4, -0.2) is 37.7 Å². The molecule has 0 amide bonds. The number of nitrogens with one attached hydrogen (secondary N) is 1. The number of thioether (sulfide) groups is 1. The Morgan fingerprint density at radius 1 is 0.391 bits per heavy atom. The standard InChI is InChI=1S/C21H21N.C21H20O.C21H20S.C4H11O5P.6C2H6.4CH4/c3*1-17-13-15-20(16-14-17)21(22-2,18-9-5-3-6-10-18)19-11-7-4-8-12-19;1-3(5)4(2)9-10(6,7)8;6*1-2;;;;/h3-16,22H,1-2H3;2*3-16H,1-2H3;3-5H,1-2H3,(H2,6,7,8);6*1-2H3;4*1H4/p-2. The van der Waals surface area contributed by atoms with Gasteiger partial charge in [-0.2, -0.15) is 0 Å². The minimum Gasteiger partial charge on any atom is -0.790 e. The Morgan fingerprint density at radius 2 is 0.598 bits per heavy atom. The lowest BCUT2D eigenvalue weighted by Crippen LogP contribution is -2.42. The lowest BCUT2D eigenvalue weighted by molar-refractivity contribution is -0.346. The maximum Gasteiger partial charge on any atom is 0.143 e. The van der Waals surface area contributed by atoms with Gasteiger partial charge < -0.3 is 34.0 Å². The first-order chi connectivity index (χ1) is 42.6. The minimum atomic E-state index is -4.94. The number of ether oxygens (including phenoxy) is 1. The number of aryl methyl sites for hydroxylation is 3. The van der Waals surface area contributed by atoms with Gasteiger partial charge in [0.05, 0.1) is 30.3 Å². The second kappa shape index (κ2) is 52.8. The molecular formula is C83H122NO6PS-2. The van der Waals surface area contributed by atoms with Crippen molar-refractivity contribution in [1.29, 1.82) is 0 Å². The van der Waals surface area contributed by atoms with Gasteiger partial charge in [0.1, 0.15) is 5.60 Å². The monoisotopic (exact) mass is 1290 g/mol. The van der Waals surface area contributed by atoms with Gasteiger partial charge in [0.25, 0.3) is 0 Å². The van der Waals surface area contributed by atoms with Gasteiger partial charge in [0.15, 0.2) is 0 Å². The van der Waals surface area contributed by atoms with E-state index in [1.165, 1.54) is 63.9 Å². The van der Waals surface area contributed by atoms with Crippen LogP contribution in [0.1, 0.15) is 193 Å². The molecule has 9 heteroatoms. The summed E-state index contributed by atoms with van der Waals surface area (Å²) in [5.41, 5.74) is 14.0. The summed E-state index contributed by atoms with van der Waals surface area (Å²) >= 11 is 1.88. The largest absolute Gasteiger partial charge is 0.790 e. The number of hydrogen-bond acceptors (Lipinski definition) is 8. The molecule has 0 spiro atoms. The molecular weight excluding hydrogens is 1170 g/mol. The molecule has 2 N–H and O–H groups in total. The normalized spacial score (nSPS) is 10.6. The third-order valence-corrected chi connectivity index (χ3v) is 15.4. The van der Waals surface area contributed by atoms with Crippen molar-refractivity contribution in [3.05, 3.63) is 322 Å². The first-order valence-electron chi connectivity index (χ1n) is 31.4. The predicted octanol–water partition coefficient (Wildman–Crippen LogP) is 22.4. The van der Waals surface area contributed by atoms with Crippen LogP contribution in [0.4, 0.5) is 0 Å². The summed E-state index contributed by atoms with van der Waals surface area (Å²) in [5, 5.41) is 12.2. The van der Waals surface area contributed by atoms with Gasteiger partial charge in [-0.25, -0.2) is 0 Å². The molecule has 92 heavy (non-hydrogen) atoms. The van der Waals surface area contributed by atoms with E-state index in [1.54, 1.807) is 7.11 Å². The van der Waals surface area contributed by atoms with Crippen molar-refractivity contribution in [2.24, 2.45) is 0 Å². The first-order valence-corrected chi connectivity index (χ1v) is 34.1. The summed E-state index contributed by atoms with van der Waals surface area (Å²) in [6.45, 7) is 33.0. The molecule has 0 aliphatic carbocycles. The smallest absolute Gasteiger partial charge is 0.143 e. The third kappa shape index (κ3) is 27.5. The lowest BCUT2D eigenvalue weighted by atomic mass is 9.77. The van der Waals surface area contributed by atoms with Crippen LogP contribution in [0.3, 0.4) is 0 Å². The fraction of sp³-hybridized carbons (Fsp3) is 0.349. The van der Waals surface area contributed by atoms with Crippen LogP contribution in [0.15, 0.2) is 255 Å². The van der Waals surface area contributed by atoms with Crippen molar-refractivity contribution < 1.29 is 28.7 Å². The van der Waals surface area contributed by atoms with Crippen molar-refractivity contribution in [1.82, 2.24) is 5.32 Å². The summed E-state index contributed by atoms with van der Waals surface area (Å²) in [6.07, 6.45) is 0.261. The number of aliphatic hydroxyl groups is 1. The highest BCUT2D eigenvalue weighted by Crippen LogP contribution is 2.47. The molecule has 7 nitrogen and oxygen atoms in total. The Hall–Kier alpha value is -6.68. The average Bonchev–Trinajstić information content (AvgIpc) is 0.795. The van der Waals surface area contributed by atoms with Gasteiger partial charge in [0, 0.05) is 7.11 Å². The molecule has 0 bridgehead atoms. The number of phosphoric ester groups is 1. The molecule has 0 aromatic heterocycles. The fourth-order valence-corrected chi connectivity index (χ4v) is 11.1. The summed E-state index contributed by atoms with van der Waals surface area (Å²) in [6, 6.07) is 89.8. The molecule has 0 aliphatic heterocycles. The number of hydrogen-bond donors (Lipinski definition) is 2. The molecule has 0 saturated carbocycles. The highest BCUT2D eigenvalue weighted by molar-refractivity contribution is 8.00. The van der Waals surface area contributed by atoms with Crippen molar-refractivity contribution >= 4 is 19.6 Å². The Morgan fingerprint density at radius 3 is 0.815 bits per heavy atom. The maximum atomic E-state index is 9.88. The number of methoxy groups -OCH3 is 1. The molecule has 0 heterocycles. The zero-order valence-corrected chi connectivity index (χ0v) is 58.5. The van der Waals surface area contributed by atoms with Crippen LogP contribution in [-0.2, 0) is 29.7 Å². The zero-order chi connectivity index (χ0) is 66.6. The first kappa shape index (κ1) is 94.0. The Balaban J connectivity index is -0.000000349. The van der Waals surface area contributed by atoms with Crippen molar-refractivity contribution in [2.45, 2.75) is 176 Å². The second-order valence-corrected chi connectivity index (χ2v) is 20.7. The van der Waals surface area contributed by atoms with Crippen LogP contribution in [0.2, 0.25) is 0 Å². The van der Waals surface area contributed by atoms with E-state index in [0.717, 1.165) is 16.7 Å². The summed E-state index contributed by atoms with van der Waals surface area (Å²) in [5.74, 6) is 0. The minimum absolute atomic E-state index is 0. The van der Waals surface area contributed by atoms with Gasteiger partial charge in [-0.05, 0) is 98.0 Å². The zero-order valence-electron chi connectivity index (χ0n) is 56.7. The van der Waals surface area contributed by atoms with E-state index in [0.29, 0.717) is 0 Å². The quantitative estimate of drug-likeness (QED) is 0.0771. The van der Waals surface area contributed by atoms with Gasteiger partial charge in [0.2, 0.25) is 0 Å². The van der Waals surface area contributed by atoms with Crippen molar-refractivity contribution in [3.8, 4) is 0 Å². The topological polar surface area (TPSA) is 114 Å². The molecule has 0 fully saturated rings. The van der Waals surface area contributed by atoms with Crippen LogP contribution in [0, 0.1) is 20.8 Å². The van der Waals surface area contributed by atoms with Crippen molar-refractivity contribution in [3.63, 3.8) is 0 Å². The third-order valence-electron chi connectivity index (χ3n) is 13.5. The maximum absolute atomic E-state index is 9.88.